The number of thioether (sulfide) groups is 1. The lowest BCUT2D eigenvalue weighted by atomic mass is 10.1. The molecule has 0 aliphatic rings. The lowest BCUT2D eigenvalue weighted by Gasteiger charge is -2.18. The predicted octanol–water partition coefficient (Wildman–Crippen LogP) is 2.22. The molecule has 0 bridgehead atoms. The predicted molar refractivity (Wildman–Crippen MR) is 74.8 cm³/mol. The Bertz CT molecular complexity index is 392. The molecule has 2 unspecified atom stereocenters. The van der Waals surface area contributed by atoms with Gasteiger partial charge in [0.1, 0.15) is 0 Å². The van der Waals surface area contributed by atoms with Crippen LogP contribution < -0.4 is 5.32 Å². The van der Waals surface area contributed by atoms with Crippen molar-refractivity contribution in [2.75, 3.05) is 13.4 Å². The lowest BCUT2D eigenvalue weighted by molar-refractivity contribution is -0.141. The minimum atomic E-state index is -0.328. The van der Waals surface area contributed by atoms with Gasteiger partial charge in [-0.05, 0) is 24.6 Å². The molecule has 0 radical (unpaired) electrons. The van der Waals surface area contributed by atoms with Gasteiger partial charge in [0, 0.05) is 4.88 Å². The van der Waals surface area contributed by atoms with Crippen molar-refractivity contribution >= 4 is 35.0 Å². The molecule has 0 aromatic carbocycles. The van der Waals surface area contributed by atoms with Crippen molar-refractivity contribution in [1.29, 1.82) is 0 Å². The highest BCUT2D eigenvalue weighted by molar-refractivity contribution is 7.99. The van der Waals surface area contributed by atoms with Crippen LogP contribution in [0.15, 0.2) is 17.5 Å². The number of carbonyl (C=O) groups is 2. The largest absolute Gasteiger partial charge is 0.469 e. The zero-order valence-corrected chi connectivity index (χ0v) is 12.3. The number of carbonyl (C=O) groups excluding carboxylic acids is 2. The first-order chi connectivity index (χ1) is 8.58. The first-order valence-electron chi connectivity index (χ1n) is 5.51. The van der Waals surface area contributed by atoms with Crippen molar-refractivity contribution in [3.8, 4) is 0 Å². The Morgan fingerprint density at radius 1 is 1.56 bits per heavy atom. The summed E-state index contributed by atoms with van der Waals surface area (Å²) in [6.07, 6.45) is 2.04. The summed E-state index contributed by atoms with van der Waals surface area (Å²) in [6, 6.07) is 3.50. The average Bonchev–Trinajstić information content (AvgIpc) is 2.90. The van der Waals surface area contributed by atoms with Gasteiger partial charge in [0.15, 0.2) is 0 Å². The van der Waals surface area contributed by atoms with Gasteiger partial charge in [0.2, 0.25) is 5.91 Å². The number of rotatable bonds is 6. The summed E-state index contributed by atoms with van der Waals surface area (Å²) in [5.41, 5.74) is 0. The van der Waals surface area contributed by atoms with E-state index < -0.39 is 0 Å². The van der Waals surface area contributed by atoms with Gasteiger partial charge in [0.25, 0.3) is 0 Å². The molecular weight excluding hydrogens is 270 g/mol. The molecule has 4 nitrogen and oxygen atoms in total. The van der Waals surface area contributed by atoms with Gasteiger partial charge in [-0.1, -0.05) is 6.07 Å². The maximum atomic E-state index is 11.9. The van der Waals surface area contributed by atoms with E-state index >= 15 is 0 Å². The standard InChI is InChI=1S/C12H17NO3S2/c1-8(17-3)12(15)13-9(7-11(14)16-2)10-5-4-6-18-10/h4-6,8-9H,7H2,1-3H3,(H,13,15). The average molecular weight is 287 g/mol. The molecule has 1 aromatic rings. The molecule has 100 valence electrons. The normalized spacial score (nSPS) is 13.7. The number of hydrogen-bond acceptors (Lipinski definition) is 5. The Labute approximate surface area is 115 Å². The monoisotopic (exact) mass is 287 g/mol. The molecule has 2 atom stereocenters. The summed E-state index contributed by atoms with van der Waals surface area (Å²) in [7, 11) is 1.35. The third kappa shape index (κ3) is 4.34. The van der Waals surface area contributed by atoms with E-state index in [1.54, 1.807) is 0 Å². The van der Waals surface area contributed by atoms with Crippen LogP contribution in [-0.4, -0.2) is 30.5 Å². The summed E-state index contributed by atoms with van der Waals surface area (Å²) in [6.45, 7) is 1.84. The molecule has 1 N–H and O–H groups in total. The van der Waals surface area contributed by atoms with Crippen molar-refractivity contribution in [1.82, 2.24) is 5.32 Å². The van der Waals surface area contributed by atoms with E-state index in [0.29, 0.717) is 0 Å². The van der Waals surface area contributed by atoms with E-state index in [1.165, 1.54) is 30.2 Å². The SMILES string of the molecule is COC(=O)CC(NC(=O)C(C)SC)c1cccs1. The Kier molecular flexibility index (Phi) is 6.21. The Balaban J connectivity index is 2.72. The van der Waals surface area contributed by atoms with E-state index in [1.807, 2.05) is 30.7 Å². The molecule has 6 heteroatoms. The van der Waals surface area contributed by atoms with Crippen LogP contribution in [0.1, 0.15) is 24.3 Å². The number of ether oxygens (including phenoxy) is 1. The van der Waals surface area contributed by atoms with Crippen LogP contribution >= 0.6 is 23.1 Å². The summed E-state index contributed by atoms with van der Waals surface area (Å²) in [4.78, 5) is 24.2. The van der Waals surface area contributed by atoms with E-state index in [-0.39, 0.29) is 29.6 Å². The van der Waals surface area contributed by atoms with Gasteiger partial charge in [-0.15, -0.1) is 11.3 Å². The maximum Gasteiger partial charge on any atom is 0.307 e. The number of methoxy groups -OCH3 is 1. The number of thiophene rings is 1. The highest BCUT2D eigenvalue weighted by Gasteiger charge is 2.22. The van der Waals surface area contributed by atoms with Crippen molar-refractivity contribution in [2.24, 2.45) is 0 Å². The second-order valence-corrected chi connectivity index (χ2v) is 5.89. The molecule has 0 saturated heterocycles. The Hall–Kier alpha value is -1.01. The van der Waals surface area contributed by atoms with Crippen LogP contribution in [0.25, 0.3) is 0 Å². The molecule has 1 rings (SSSR count). The van der Waals surface area contributed by atoms with Gasteiger partial charge in [-0.3, -0.25) is 9.59 Å². The Morgan fingerprint density at radius 3 is 2.78 bits per heavy atom. The van der Waals surface area contributed by atoms with Crippen LogP contribution in [0.3, 0.4) is 0 Å². The third-order valence-electron chi connectivity index (χ3n) is 2.52. The van der Waals surface area contributed by atoms with Crippen molar-refractivity contribution in [2.45, 2.75) is 24.6 Å². The summed E-state index contributed by atoms with van der Waals surface area (Å²) in [5, 5.41) is 4.67. The quantitative estimate of drug-likeness (QED) is 0.815. The molecule has 1 heterocycles. The van der Waals surface area contributed by atoms with Crippen molar-refractivity contribution in [3.05, 3.63) is 22.4 Å². The summed E-state index contributed by atoms with van der Waals surface area (Å²) < 4.78 is 4.66. The fourth-order valence-electron chi connectivity index (χ4n) is 1.36. The summed E-state index contributed by atoms with van der Waals surface area (Å²) >= 11 is 2.99. The number of nitrogens with one attached hydrogen (secondary N) is 1. The van der Waals surface area contributed by atoms with Gasteiger partial charge in [-0.25, -0.2) is 0 Å². The molecule has 1 amide bonds. The van der Waals surface area contributed by atoms with Crippen LogP contribution in [0, 0.1) is 0 Å². The molecular formula is C12H17NO3S2. The Morgan fingerprint density at radius 2 is 2.28 bits per heavy atom. The van der Waals surface area contributed by atoms with Crippen molar-refractivity contribution in [3.63, 3.8) is 0 Å². The highest BCUT2D eigenvalue weighted by Crippen LogP contribution is 2.23. The molecule has 1 aromatic heterocycles. The second kappa shape index (κ2) is 7.43. The molecule has 0 saturated carbocycles. The fourth-order valence-corrected chi connectivity index (χ4v) is 2.42. The lowest BCUT2D eigenvalue weighted by Crippen LogP contribution is -2.35. The second-order valence-electron chi connectivity index (χ2n) is 3.73. The first kappa shape index (κ1) is 15.0. The van der Waals surface area contributed by atoms with E-state index in [2.05, 4.69) is 10.1 Å². The van der Waals surface area contributed by atoms with Gasteiger partial charge < -0.3 is 10.1 Å². The zero-order valence-electron chi connectivity index (χ0n) is 10.6. The molecule has 0 fully saturated rings. The zero-order chi connectivity index (χ0) is 13.5. The van der Waals surface area contributed by atoms with Crippen molar-refractivity contribution < 1.29 is 14.3 Å². The smallest absolute Gasteiger partial charge is 0.307 e. The molecule has 0 aliphatic carbocycles. The van der Waals surface area contributed by atoms with Gasteiger partial charge in [-0.2, -0.15) is 11.8 Å². The van der Waals surface area contributed by atoms with Crippen LogP contribution in [0.5, 0.6) is 0 Å². The van der Waals surface area contributed by atoms with Crippen LogP contribution in [0.2, 0.25) is 0 Å². The molecule has 0 aliphatic heterocycles. The molecule has 18 heavy (non-hydrogen) atoms. The van der Waals surface area contributed by atoms with Crippen LogP contribution in [-0.2, 0) is 14.3 Å². The van der Waals surface area contributed by atoms with Gasteiger partial charge >= 0.3 is 5.97 Å². The number of esters is 1. The molecule has 0 spiro atoms. The minimum Gasteiger partial charge on any atom is -0.469 e. The van der Waals surface area contributed by atoms with Gasteiger partial charge in [0.05, 0.1) is 24.8 Å². The topological polar surface area (TPSA) is 55.4 Å². The number of hydrogen-bond donors (Lipinski definition) is 1. The number of amides is 1. The fraction of sp³-hybridized carbons (Fsp3) is 0.500. The third-order valence-corrected chi connectivity index (χ3v) is 4.43. The summed E-state index contributed by atoms with van der Waals surface area (Å²) in [5.74, 6) is -0.393. The minimum absolute atomic E-state index is 0.0650. The van der Waals surface area contributed by atoms with E-state index in [4.69, 9.17) is 0 Å². The van der Waals surface area contributed by atoms with Crippen LogP contribution in [0.4, 0.5) is 0 Å². The first-order valence-corrected chi connectivity index (χ1v) is 7.68. The maximum absolute atomic E-state index is 11.9. The van der Waals surface area contributed by atoms with E-state index in [9.17, 15) is 9.59 Å². The van der Waals surface area contributed by atoms with E-state index in [0.717, 1.165) is 4.88 Å². The highest BCUT2D eigenvalue weighted by atomic mass is 32.2.